The molecule has 0 aliphatic heterocycles. The number of para-hydroxylation sites is 3. The van der Waals surface area contributed by atoms with E-state index in [1.165, 1.54) is 18.2 Å². The molecule has 9 heteroatoms. The maximum absolute atomic E-state index is 12.1. The Bertz CT molecular complexity index is 1060. The Hall–Kier alpha value is -3.88. The van der Waals surface area contributed by atoms with Crippen LogP contribution < -0.4 is 4.74 Å². The number of nitro groups is 1. The summed E-state index contributed by atoms with van der Waals surface area (Å²) in [6, 6.07) is 12.6. The number of fused-ring (bicyclic) bond motifs is 1. The van der Waals surface area contributed by atoms with Gasteiger partial charge in [0.2, 0.25) is 5.76 Å². The van der Waals surface area contributed by atoms with Crippen molar-refractivity contribution in [2.24, 2.45) is 0 Å². The standard InChI is InChI=1S/C20H17NO8/c1-2-26-20(23)19-14(13-7-3-5-9-16(13)29-19)11-28-18(22)12-27-17-10-6-4-8-15(17)21(24)25/h3-10H,2,11-12H2,1H3. The molecule has 0 saturated heterocycles. The second kappa shape index (κ2) is 8.87. The van der Waals surface area contributed by atoms with Crippen LogP contribution in [-0.4, -0.2) is 30.1 Å². The van der Waals surface area contributed by atoms with Crippen molar-refractivity contribution in [3.05, 3.63) is 70.0 Å². The summed E-state index contributed by atoms with van der Waals surface area (Å²) in [5.41, 5.74) is 0.571. The zero-order valence-corrected chi connectivity index (χ0v) is 15.5. The molecule has 3 rings (SSSR count). The minimum Gasteiger partial charge on any atom is -0.475 e. The Labute approximate surface area is 164 Å². The van der Waals surface area contributed by atoms with E-state index in [0.29, 0.717) is 16.5 Å². The molecule has 2 aromatic carbocycles. The molecule has 3 aromatic rings. The van der Waals surface area contributed by atoms with Crippen LogP contribution in [0.25, 0.3) is 11.0 Å². The van der Waals surface area contributed by atoms with Gasteiger partial charge in [0.05, 0.1) is 17.1 Å². The maximum atomic E-state index is 12.1. The van der Waals surface area contributed by atoms with Crippen LogP contribution in [0.4, 0.5) is 5.69 Å². The third-order valence-corrected chi connectivity index (χ3v) is 3.94. The molecule has 0 spiro atoms. The van der Waals surface area contributed by atoms with E-state index in [2.05, 4.69) is 0 Å². The summed E-state index contributed by atoms with van der Waals surface area (Å²) in [4.78, 5) is 34.6. The highest BCUT2D eigenvalue weighted by Crippen LogP contribution is 2.28. The molecule has 0 aliphatic rings. The molecular formula is C20H17NO8. The summed E-state index contributed by atoms with van der Waals surface area (Å²) in [5.74, 6) is -1.51. The van der Waals surface area contributed by atoms with E-state index in [0.717, 1.165) is 0 Å². The van der Waals surface area contributed by atoms with Crippen LogP contribution in [-0.2, 0) is 20.9 Å². The van der Waals surface area contributed by atoms with Crippen molar-refractivity contribution in [3.8, 4) is 5.75 Å². The number of carbonyl (C=O) groups excluding carboxylic acids is 2. The fraction of sp³-hybridized carbons (Fsp3) is 0.200. The number of carbonyl (C=O) groups is 2. The number of rotatable bonds is 8. The molecular weight excluding hydrogens is 382 g/mol. The molecule has 0 saturated carbocycles. The van der Waals surface area contributed by atoms with Crippen molar-refractivity contribution in [1.29, 1.82) is 0 Å². The van der Waals surface area contributed by atoms with Gasteiger partial charge in [-0.1, -0.05) is 30.3 Å². The molecule has 0 N–H and O–H groups in total. The second-order valence-corrected chi connectivity index (χ2v) is 5.80. The zero-order valence-electron chi connectivity index (χ0n) is 15.5. The van der Waals surface area contributed by atoms with Gasteiger partial charge >= 0.3 is 17.6 Å². The maximum Gasteiger partial charge on any atom is 0.374 e. The van der Waals surface area contributed by atoms with Gasteiger partial charge in [0, 0.05) is 11.5 Å². The lowest BCUT2D eigenvalue weighted by atomic mass is 10.1. The Morgan fingerprint density at radius 3 is 2.55 bits per heavy atom. The van der Waals surface area contributed by atoms with Crippen molar-refractivity contribution in [2.45, 2.75) is 13.5 Å². The second-order valence-electron chi connectivity index (χ2n) is 5.80. The molecule has 9 nitrogen and oxygen atoms in total. The summed E-state index contributed by atoms with van der Waals surface area (Å²) >= 11 is 0. The number of hydrogen-bond acceptors (Lipinski definition) is 8. The highest BCUT2D eigenvalue weighted by molar-refractivity contribution is 5.96. The van der Waals surface area contributed by atoms with Crippen LogP contribution in [0.1, 0.15) is 23.0 Å². The first kappa shape index (κ1) is 19.9. The molecule has 150 valence electrons. The van der Waals surface area contributed by atoms with E-state index in [9.17, 15) is 19.7 Å². The van der Waals surface area contributed by atoms with Crippen molar-refractivity contribution < 1.29 is 33.1 Å². The average molecular weight is 399 g/mol. The van der Waals surface area contributed by atoms with E-state index in [4.69, 9.17) is 18.6 Å². The third-order valence-electron chi connectivity index (χ3n) is 3.94. The number of benzene rings is 2. The molecule has 0 aliphatic carbocycles. The molecule has 29 heavy (non-hydrogen) atoms. The first-order chi connectivity index (χ1) is 14.0. The number of ether oxygens (including phenoxy) is 3. The molecule has 0 unspecified atom stereocenters. The van der Waals surface area contributed by atoms with Crippen molar-refractivity contribution in [2.75, 3.05) is 13.2 Å². The molecule has 1 heterocycles. The first-order valence-corrected chi connectivity index (χ1v) is 8.70. The van der Waals surface area contributed by atoms with E-state index in [1.54, 1.807) is 37.3 Å². The fourth-order valence-corrected chi connectivity index (χ4v) is 2.66. The van der Waals surface area contributed by atoms with Gasteiger partial charge in [-0.15, -0.1) is 0 Å². The number of esters is 2. The highest BCUT2D eigenvalue weighted by Gasteiger charge is 2.23. The topological polar surface area (TPSA) is 118 Å². The Morgan fingerprint density at radius 2 is 1.79 bits per heavy atom. The normalized spacial score (nSPS) is 10.5. The van der Waals surface area contributed by atoms with Gasteiger partial charge < -0.3 is 18.6 Å². The minimum atomic E-state index is -0.761. The number of nitro benzene ring substituents is 1. The molecule has 0 fully saturated rings. The van der Waals surface area contributed by atoms with Gasteiger partial charge in [0.1, 0.15) is 12.2 Å². The molecule has 1 aromatic heterocycles. The quantitative estimate of drug-likeness (QED) is 0.320. The zero-order chi connectivity index (χ0) is 20.8. The number of furan rings is 1. The average Bonchev–Trinajstić information content (AvgIpc) is 3.10. The Balaban J connectivity index is 1.70. The minimum absolute atomic E-state index is 0.0412. The van der Waals surface area contributed by atoms with E-state index in [-0.39, 0.29) is 30.4 Å². The van der Waals surface area contributed by atoms with Gasteiger partial charge in [-0.2, -0.15) is 0 Å². The van der Waals surface area contributed by atoms with Crippen LogP contribution in [0.2, 0.25) is 0 Å². The highest BCUT2D eigenvalue weighted by atomic mass is 16.6. The Morgan fingerprint density at radius 1 is 1.07 bits per heavy atom. The van der Waals surface area contributed by atoms with Gasteiger partial charge in [0.25, 0.3) is 0 Å². The lowest BCUT2D eigenvalue weighted by Gasteiger charge is -2.08. The largest absolute Gasteiger partial charge is 0.475 e. The first-order valence-electron chi connectivity index (χ1n) is 8.70. The summed E-state index contributed by atoms with van der Waals surface area (Å²) in [6.07, 6.45) is 0. The van der Waals surface area contributed by atoms with E-state index < -0.39 is 23.5 Å². The van der Waals surface area contributed by atoms with Crippen molar-refractivity contribution >= 4 is 28.6 Å². The molecule has 0 amide bonds. The smallest absolute Gasteiger partial charge is 0.374 e. The molecule has 0 bridgehead atoms. The SMILES string of the molecule is CCOC(=O)c1oc2ccccc2c1COC(=O)COc1ccccc1[N+](=O)[O-]. The summed E-state index contributed by atoms with van der Waals surface area (Å²) < 4.78 is 20.9. The Kier molecular flexibility index (Phi) is 6.08. The van der Waals surface area contributed by atoms with Crippen molar-refractivity contribution in [1.82, 2.24) is 0 Å². The monoisotopic (exact) mass is 399 g/mol. The van der Waals surface area contributed by atoms with Crippen LogP contribution in [0.3, 0.4) is 0 Å². The van der Waals surface area contributed by atoms with Gasteiger partial charge in [0.15, 0.2) is 12.4 Å². The van der Waals surface area contributed by atoms with Gasteiger partial charge in [-0.25, -0.2) is 9.59 Å². The number of hydrogen-bond donors (Lipinski definition) is 0. The third kappa shape index (κ3) is 4.52. The van der Waals surface area contributed by atoms with Crippen LogP contribution >= 0.6 is 0 Å². The van der Waals surface area contributed by atoms with Crippen LogP contribution in [0.15, 0.2) is 52.9 Å². The van der Waals surface area contributed by atoms with Gasteiger partial charge in [-0.3, -0.25) is 10.1 Å². The lowest BCUT2D eigenvalue weighted by Crippen LogP contribution is -2.16. The predicted molar refractivity (Wildman–Crippen MR) is 101 cm³/mol. The number of nitrogens with zero attached hydrogens (tertiary/aromatic N) is 1. The summed E-state index contributed by atoms with van der Waals surface area (Å²) in [7, 11) is 0. The molecule has 0 atom stereocenters. The summed E-state index contributed by atoms with van der Waals surface area (Å²) in [5, 5.41) is 11.6. The van der Waals surface area contributed by atoms with Crippen LogP contribution in [0, 0.1) is 10.1 Å². The molecule has 0 radical (unpaired) electrons. The summed E-state index contributed by atoms with van der Waals surface area (Å²) in [6.45, 7) is 1.05. The lowest BCUT2D eigenvalue weighted by molar-refractivity contribution is -0.385. The van der Waals surface area contributed by atoms with E-state index in [1.807, 2.05) is 0 Å². The van der Waals surface area contributed by atoms with Crippen LogP contribution in [0.5, 0.6) is 5.75 Å². The fourth-order valence-electron chi connectivity index (χ4n) is 2.66. The van der Waals surface area contributed by atoms with E-state index >= 15 is 0 Å². The van der Waals surface area contributed by atoms with Crippen molar-refractivity contribution in [3.63, 3.8) is 0 Å². The predicted octanol–water partition coefficient (Wildman–Crippen LogP) is 3.64. The van der Waals surface area contributed by atoms with Gasteiger partial charge in [-0.05, 0) is 19.1 Å².